The Labute approximate surface area is 139 Å². The van der Waals surface area contributed by atoms with Crippen molar-refractivity contribution in [2.24, 2.45) is 5.73 Å². The Kier molecular flexibility index (Phi) is 7.72. The predicted octanol–water partition coefficient (Wildman–Crippen LogP) is 2.63. The molecule has 0 atom stereocenters. The average Bonchev–Trinajstić information content (AvgIpc) is 2.44. The summed E-state index contributed by atoms with van der Waals surface area (Å²) in [6.07, 6.45) is 4.71. The lowest BCUT2D eigenvalue weighted by molar-refractivity contribution is 0.481. The molecule has 2 N–H and O–H groups in total. The largest absolute Gasteiger partial charge is 0.392 e. The van der Waals surface area contributed by atoms with E-state index in [4.69, 9.17) is 18.0 Å². The summed E-state index contributed by atoms with van der Waals surface area (Å²) in [5.74, 6) is -0.0522. The highest BCUT2D eigenvalue weighted by molar-refractivity contribution is 7.88. The summed E-state index contributed by atoms with van der Waals surface area (Å²) in [7, 11) is -3.48. The van der Waals surface area contributed by atoms with E-state index in [1.54, 1.807) is 0 Å². The molecule has 0 amide bonds. The summed E-state index contributed by atoms with van der Waals surface area (Å²) in [4.78, 5) is 0.155. The Morgan fingerprint density at radius 2 is 2.09 bits per heavy atom. The molecular formula is C16H24N2O2S2. The number of rotatable bonds is 10. The highest BCUT2D eigenvalue weighted by Crippen LogP contribution is 2.14. The first-order valence-corrected chi connectivity index (χ1v) is 9.35. The van der Waals surface area contributed by atoms with Gasteiger partial charge < -0.3 is 5.73 Å². The summed E-state index contributed by atoms with van der Waals surface area (Å²) < 4.78 is 26.3. The number of nitrogens with two attached hydrogens (primary N) is 1. The topological polar surface area (TPSA) is 63.4 Å². The number of nitrogens with zero attached hydrogens (tertiary/aromatic N) is 1. The van der Waals surface area contributed by atoms with Crippen LogP contribution in [0.25, 0.3) is 0 Å². The van der Waals surface area contributed by atoms with Crippen LogP contribution in [-0.2, 0) is 22.2 Å². The van der Waals surface area contributed by atoms with Crippen LogP contribution in [0.2, 0.25) is 0 Å². The summed E-state index contributed by atoms with van der Waals surface area (Å²) >= 11 is 4.83. The van der Waals surface area contributed by atoms with Crippen LogP contribution in [0, 0.1) is 0 Å². The Morgan fingerprint density at radius 3 is 2.68 bits per heavy atom. The van der Waals surface area contributed by atoms with E-state index >= 15 is 0 Å². The molecular weight excluding hydrogens is 316 g/mol. The lowest BCUT2D eigenvalue weighted by atomic mass is 10.1. The summed E-state index contributed by atoms with van der Waals surface area (Å²) in [5, 5.41) is 0. The zero-order valence-corrected chi connectivity index (χ0v) is 14.6. The average molecular weight is 341 g/mol. The molecule has 0 radical (unpaired) electrons. The molecule has 6 heteroatoms. The van der Waals surface area contributed by atoms with Crippen LogP contribution in [0.5, 0.6) is 0 Å². The smallest absolute Gasteiger partial charge is 0.218 e. The Hall–Kier alpha value is -1.24. The number of hydrogen-bond donors (Lipinski definition) is 1. The Balaban J connectivity index is 2.89. The first-order valence-electron chi connectivity index (χ1n) is 7.34. The molecule has 4 nitrogen and oxygen atoms in total. The van der Waals surface area contributed by atoms with E-state index in [1.807, 2.05) is 24.3 Å². The van der Waals surface area contributed by atoms with E-state index in [0.717, 1.165) is 24.8 Å². The van der Waals surface area contributed by atoms with Crippen LogP contribution >= 0.6 is 12.2 Å². The minimum absolute atomic E-state index is 0.0409. The second-order valence-corrected chi connectivity index (χ2v) is 7.72. The molecule has 0 bridgehead atoms. The van der Waals surface area contributed by atoms with Gasteiger partial charge in [0.25, 0.3) is 0 Å². The SMILES string of the molecule is C=CCN(CC(N)=S)S(=O)(=O)Cc1cccc(CCCC)c1. The van der Waals surface area contributed by atoms with Crippen molar-refractivity contribution in [2.75, 3.05) is 13.1 Å². The fourth-order valence-corrected chi connectivity index (χ4v) is 3.84. The molecule has 1 rings (SSSR count). The van der Waals surface area contributed by atoms with Gasteiger partial charge in [-0.15, -0.1) is 6.58 Å². The maximum Gasteiger partial charge on any atom is 0.218 e. The van der Waals surface area contributed by atoms with Crippen molar-refractivity contribution in [3.8, 4) is 0 Å². The van der Waals surface area contributed by atoms with Gasteiger partial charge in [-0.1, -0.05) is 55.9 Å². The van der Waals surface area contributed by atoms with Gasteiger partial charge in [0.15, 0.2) is 0 Å². The third kappa shape index (κ3) is 6.25. The molecule has 0 unspecified atom stereocenters. The van der Waals surface area contributed by atoms with Crippen molar-refractivity contribution in [1.82, 2.24) is 4.31 Å². The fraction of sp³-hybridized carbons (Fsp3) is 0.438. The van der Waals surface area contributed by atoms with Crippen LogP contribution in [0.3, 0.4) is 0 Å². The van der Waals surface area contributed by atoms with Gasteiger partial charge in [0.2, 0.25) is 10.0 Å². The first kappa shape index (κ1) is 18.8. The molecule has 0 saturated carbocycles. The number of benzene rings is 1. The molecule has 0 aromatic heterocycles. The molecule has 0 aliphatic carbocycles. The minimum atomic E-state index is -3.48. The van der Waals surface area contributed by atoms with Gasteiger partial charge >= 0.3 is 0 Å². The molecule has 122 valence electrons. The molecule has 22 heavy (non-hydrogen) atoms. The van der Waals surface area contributed by atoms with Crippen molar-refractivity contribution >= 4 is 27.2 Å². The van der Waals surface area contributed by atoms with Crippen molar-refractivity contribution in [1.29, 1.82) is 0 Å². The van der Waals surface area contributed by atoms with Gasteiger partial charge in [0.05, 0.1) is 17.3 Å². The number of sulfonamides is 1. The molecule has 0 spiro atoms. The standard InChI is InChI=1S/C16H24N2O2S2/c1-3-5-7-14-8-6-9-15(11-14)13-22(19,20)18(10-4-2)12-16(17)21/h4,6,8-9,11H,2-3,5,7,10,12-13H2,1H3,(H2,17,21). The van der Waals surface area contributed by atoms with Crippen LogP contribution < -0.4 is 5.73 Å². The highest BCUT2D eigenvalue weighted by atomic mass is 32.2. The fourth-order valence-electron chi connectivity index (χ4n) is 2.15. The maximum atomic E-state index is 12.5. The van der Waals surface area contributed by atoms with Crippen LogP contribution in [0.15, 0.2) is 36.9 Å². The van der Waals surface area contributed by atoms with Gasteiger partial charge in [-0.25, -0.2) is 8.42 Å². The molecule has 0 aliphatic rings. The second-order valence-electron chi connectivity index (χ2n) is 5.23. The molecule has 0 saturated heterocycles. The summed E-state index contributed by atoms with van der Waals surface area (Å²) in [5.41, 5.74) is 7.43. The monoisotopic (exact) mass is 340 g/mol. The van der Waals surface area contributed by atoms with Crippen LogP contribution in [0.4, 0.5) is 0 Å². The Morgan fingerprint density at radius 1 is 1.41 bits per heavy atom. The Bertz CT molecular complexity index is 612. The number of thiocarbonyl (C=S) groups is 1. The van der Waals surface area contributed by atoms with Gasteiger partial charge in [0.1, 0.15) is 0 Å². The van der Waals surface area contributed by atoms with Crippen LogP contribution in [0.1, 0.15) is 30.9 Å². The van der Waals surface area contributed by atoms with Crippen molar-refractivity contribution in [3.63, 3.8) is 0 Å². The summed E-state index contributed by atoms with van der Waals surface area (Å²) in [6.45, 7) is 5.97. The van der Waals surface area contributed by atoms with Gasteiger partial charge in [-0.2, -0.15) is 4.31 Å². The van der Waals surface area contributed by atoms with E-state index in [9.17, 15) is 8.42 Å². The molecule has 0 aliphatic heterocycles. The first-order chi connectivity index (χ1) is 10.4. The normalized spacial score (nSPS) is 11.5. The highest BCUT2D eigenvalue weighted by Gasteiger charge is 2.22. The predicted molar refractivity (Wildman–Crippen MR) is 96.2 cm³/mol. The third-order valence-electron chi connectivity index (χ3n) is 3.22. The quantitative estimate of drug-likeness (QED) is 0.525. The third-order valence-corrected chi connectivity index (χ3v) is 5.11. The van der Waals surface area contributed by atoms with Gasteiger partial charge in [-0.05, 0) is 24.0 Å². The lowest BCUT2D eigenvalue weighted by Gasteiger charge is -2.20. The number of unbranched alkanes of at least 4 members (excludes halogenated alkanes) is 1. The van der Waals surface area contributed by atoms with Crippen molar-refractivity contribution in [3.05, 3.63) is 48.0 Å². The number of hydrogen-bond acceptors (Lipinski definition) is 3. The van der Waals surface area contributed by atoms with E-state index < -0.39 is 10.0 Å². The molecule has 0 fully saturated rings. The van der Waals surface area contributed by atoms with Gasteiger partial charge in [0, 0.05) is 6.54 Å². The zero-order chi connectivity index (χ0) is 16.6. The maximum absolute atomic E-state index is 12.5. The lowest BCUT2D eigenvalue weighted by Crippen LogP contribution is -2.38. The molecule has 0 heterocycles. The van der Waals surface area contributed by atoms with E-state index in [1.165, 1.54) is 15.9 Å². The van der Waals surface area contributed by atoms with Gasteiger partial charge in [-0.3, -0.25) is 0 Å². The summed E-state index contributed by atoms with van der Waals surface area (Å²) in [6, 6.07) is 7.73. The minimum Gasteiger partial charge on any atom is -0.392 e. The zero-order valence-electron chi connectivity index (χ0n) is 13.0. The van der Waals surface area contributed by atoms with Crippen molar-refractivity contribution < 1.29 is 8.42 Å². The van der Waals surface area contributed by atoms with E-state index in [0.29, 0.717) is 0 Å². The van der Waals surface area contributed by atoms with Crippen molar-refractivity contribution in [2.45, 2.75) is 31.9 Å². The second kappa shape index (κ2) is 9.02. The van der Waals surface area contributed by atoms with E-state index in [2.05, 4.69) is 13.5 Å². The molecule has 1 aromatic rings. The number of aryl methyl sites for hydroxylation is 1. The molecule has 1 aromatic carbocycles. The van der Waals surface area contributed by atoms with E-state index in [-0.39, 0.29) is 23.8 Å². The van der Waals surface area contributed by atoms with Crippen LogP contribution in [-0.4, -0.2) is 30.8 Å².